The molecular formula is C10H14ClNO3. The number of hydrogen-bond acceptors (Lipinski definition) is 4. The van der Waals surface area contributed by atoms with Crippen LogP contribution >= 0.6 is 12.4 Å². The highest BCUT2D eigenvalue weighted by atomic mass is 35.5. The van der Waals surface area contributed by atoms with Crippen LogP contribution in [0.15, 0.2) is 6.07 Å². The van der Waals surface area contributed by atoms with Gasteiger partial charge in [0.1, 0.15) is 11.5 Å². The molecule has 0 atom stereocenters. The van der Waals surface area contributed by atoms with Crippen LogP contribution in [-0.2, 0) is 11.3 Å². The van der Waals surface area contributed by atoms with Crippen molar-refractivity contribution in [1.29, 1.82) is 0 Å². The maximum Gasteiger partial charge on any atom is 0.189 e. The van der Waals surface area contributed by atoms with Crippen molar-refractivity contribution in [3.63, 3.8) is 0 Å². The second-order valence-electron chi connectivity index (χ2n) is 3.22. The Kier molecular flexibility index (Phi) is 3.66. The van der Waals surface area contributed by atoms with E-state index in [1.807, 2.05) is 13.0 Å². The maximum absolute atomic E-state index is 5.82. The maximum atomic E-state index is 5.82. The summed E-state index contributed by atoms with van der Waals surface area (Å²) in [5.41, 5.74) is 8.36. The number of hydrogen-bond donors (Lipinski definition) is 1. The molecule has 1 heterocycles. The van der Waals surface area contributed by atoms with Gasteiger partial charge in [-0.15, -0.1) is 12.4 Å². The number of nitrogen functional groups attached to an aromatic ring is 1. The Bertz CT molecular complexity index is 368. The second-order valence-corrected chi connectivity index (χ2v) is 3.22. The highest BCUT2D eigenvalue weighted by molar-refractivity contribution is 5.85. The van der Waals surface area contributed by atoms with Gasteiger partial charge in [-0.3, -0.25) is 0 Å². The smallest absolute Gasteiger partial charge is 0.189 e. The van der Waals surface area contributed by atoms with E-state index in [0.29, 0.717) is 24.8 Å². The monoisotopic (exact) mass is 231 g/mol. The highest BCUT2D eigenvalue weighted by Gasteiger charge is 2.18. The van der Waals surface area contributed by atoms with Gasteiger partial charge in [-0.1, -0.05) is 0 Å². The van der Waals surface area contributed by atoms with Crippen LogP contribution in [0, 0.1) is 6.92 Å². The van der Waals surface area contributed by atoms with E-state index in [1.54, 1.807) is 7.11 Å². The lowest BCUT2D eigenvalue weighted by atomic mass is 10.1. The quantitative estimate of drug-likeness (QED) is 0.750. The van der Waals surface area contributed by atoms with Crippen LogP contribution in [-0.4, -0.2) is 13.9 Å². The number of halogens is 1. The van der Waals surface area contributed by atoms with E-state index in [4.69, 9.17) is 19.9 Å². The van der Waals surface area contributed by atoms with Crippen molar-refractivity contribution in [3.8, 4) is 11.5 Å². The molecule has 84 valence electrons. The summed E-state index contributed by atoms with van der Waals surface area (Å²) in [5, 5.41) is 0. The van der Waals surface area contributed by atoms with Crippen molar-refractivity contribution < 1.29 is 14.2 Å². The van der Waals surface area contributed by atoms with Gasteiger partial charge < -0.3 is 19.9 Å². The largest absolute Gasteiger partial charge is 0.494 e. The molecule has 1 aliphatic rings. The van der Waals surface area contributed by atoms with E-state index in [0.717, 1.165) is 16.9 Å². The first-order chi connectivity index (χ1) is 6.74. The molecule has 0 spiro atoms. The molecule has 0 aliphatic carbocycles. The molecule has 1 aromatic rings. The molecule has 15 heavy (non-hydrogen) atoms. The Labute approximate surface area is 94.7 Å². The van der Waals surface area contributed by atoms with Crippen molar-refractivity contribution in [2.75, 3.05) is 19.6 Å². The molecule has 0 unspecified atom stereocenters. The molecule has 2 N–H and O–H groups in total. The molecule has 0 aromatic heterocycles. The molecule has 1 aliphatic heterocycles. The third kappa shape index (κ3) is 1.96. The third-order valence-corrected chi connectivity index (χ3v) is 2.31. The molecule has 1 aromatic carbocycles. The van der Waals surface area contributed by atoms with Crippen LogP contribution in [0.3, 0.4) is 0 Å². The van der Waals surface area contributed by atoms with E-state index >= 15 is 0 Å². The van der Waals surface area contributed by atoms with Gasteiger partial charge in [0.15, 0.2) is 6.79 Å². The third-order valence-electron chi connectivity index (χ3n) is 2.31. The Balaban J connectivity index is 0.00000112. The van der Waals surface area contributed by atoms with Crippen LogP contribution in [0.1, 0.15) is 11.1 Å². The molecule has 2 rings (SSSR count). The summed E-state index contributed by atoms with van der Waals surface area (Å²) >= 11 is 0. The molecule has 5 heteroatoms. The van der Waals surface area contributed by atoms with E-state index in [9.17, 15) is 0 Å². The van der Waals surface area contributed by atoms with Crippen LogP contribution in [0.25, 0.3) is 0 Å². The zero-order chi connectivity index (χ0) is 10.1. The second kappa shape index (κ2) is 4.59. The first-order valence-electron chi connectivity index (χ1n) is 4.40. The fraction of sp³-hybridized carbons (Fsp3) is 0.400. The van der Waals surface area contributed by atoms with Gasteiger partial charge in [-0.05, 0) is 13.0 Å². The van der Waals surface area contributed by atoms with Crippen molar-refractivity contribution >= 4 is 18.1 Å². The Morgan fingerprint density at radius 1 is 1.47 bits per heavy atom. The van der Waals surface area contributed by atoms with Gasteiger partial charge in [0.25, 0.3) is 0 Å². The molecule has 0 fully saturated rings. The Morgan fingerprint density at radius 2 is 2.20 bits per heavy atom. The Morgan fingerprint density at radius 3 is 2.87 bits per heavy atom. The van der Waals surface area contributed by atoms with Gasteiger partial charge >= 0.3 is 0 Å². The number of benzene rings is 1. The average molecular weight is 232 g/mol. The number of methoxy groups -OCH3 is 1. The highest BCUT2D eigenvalue weighted by Crippen LogP contribution is 2.38. The van der Waals surface area contributed by atoms with Gasteiger partial charge in [0.2, 0.25) is 0 Å². The van der Waals surface area contributed by atoms with Gasteiger partial charge in [-0.2, -0.15) is 0 Å². The minimum Gasteiger partial charge on any atom is -0.494 e. The van der Waals surface area contributed by atoms with Crippen LogP contribution in [0.4, 0.5) is 5.69 Å². The summed E-state index contributed by atoms with van der Waals surface area (Å²) in [6.45, 7) is 2.77. The van der Waals surface area contributed by atoms with Crippen LogP contribution in [0.2, 0.25) is 0 Å². The minimum atomic E-state index is 0. The molecule has 0 saturated heterocycles. The summed E-state index contributed by atoms with van der Waals surface area (Å²) in [7, 11) is 1.60. The summed E-state index contributed by atoms with van der Waals surface area (Å²) in [5.74, 6) is 1.52. The van der Waals surface area contributed by atoms with Crippen molar-refractivity contribution in [1.82, 2.24) is 0 Å². The standard InChI is InChI=1S/C10H13NO3.ClH/c1-6-9-7(4-13-5-14-9)3-8(11)10(6)12-2;/h3H,4-5,11H2,1-2H3;1H. The molecule has 4 nitrogen and oxygen atoms in total. The lowest BCUT2D eigenvalue weighted by Gasteiger charge is -2.22. The van der Waals surface area contributed by atoms with Crippen molar-refractivity contribution in [2.45, 2.75) is 13.5 Å². The van der Waals surface area contributed by atoms with E-state index < -0.39 is 0 Å². The first-order valence-corrected chi connectivity index (χ1v) is 4.40. The number of ether oxygens (including phenoxy) is 3. The topological polar surface area (TPSA) is 53.7 Å². The molecule has 0 bridgehead atoms. The summed E-state index contributed by atoms with van der Waals surface area (Å²) < 4.78 is 15.8. The number of rotatable bonds is 1. The molecule has 0 radical (unpaired) electrons. The van der Waals surface area contributed by atoms with E-state index in [-0.39, 0.29) is 12.4 Å². The molecule has 0 saturated carbocycles. The number of anilines is 1. The normalized spacial score (nSPS) is 13.5. The molecular weight excluding hydrogens is 218 g/mol. The van der Waals surface area contributed by atoms with E-state index in [2.05, 4.69) is 0 Å². The van der Waals surface area contributed by atoms with Crippen LogP contribution < -0.4 is 15.2 Å². The summed E-state index contributed by atoms with van der Waals surface area (Å²) in [4.78, 5) is 0. The summed E-state index contributed by atoms with van der Waals surface area (Å²) in [6, 6.07) is 1.83. The van der Waals surface area contributed by atoms with Crippen molar-refractivity contribution in [2.24, 2.45) is 0 Å². The minimum absolute atomic E-state index is 0. The van der Waals surface area contributed by atoms with Gasteiger partial charge in [-0.25, -0.2) is 0 Å². The number of fused-ring (bicyclic) bond motifs is 1. The zero-order valence-corrected chi connectivity index (χ0v) is 9.52. The van der Waals surface area contributed by atoms with Crippen molar-refractivity contribution in [3.05, 3.63) is 17.2 Å². The predicted molar refractivity (Wildman–Crippen MR) is 59.7 cm³/mol. The fourth-order valence-corrected chi connectivity index (χ4v) is 1.71. The Hall–Kier alpha value is -1.13. The SMILES string of the molecule is COc1c(N)cc2c(c1C)OCOC2.Cl. The van der Waals surface area contributed by atoms with Gasteiger partial charge in [0.05, 0.1) is 19.4 Å². The predicted octanol–water partition coefficient (Wildman–Crippen LogP) is 1.87. The molecule has 0 amide bonds. The lowest BCUT2D eigenvalue weighted by molar-refractivity contribution is -0.0169. The summed E-state index contributed by atoms with van der Waals surface area (Å²) in [6.07, 6.45) is 0. The van der Waals surface area contributed by atoms with Gasteiger partial charge in [0, 0.05) is 11.1 Å². The fourth-order valence-electron chi connectivity index (χ4n) is 1.71. The lowest BCUT2D eigenvalue weighted by Crippen LogP contribution is -2.13. The average Bonchev–Trinajstić information content (AvgIpc) is 2.18. The number of nitrogens with two attached hydrogens (primary N) is 1. The van der Waals surface area contributed by atoms with E-state index in [1.165, 1.54) is 0 Å². The zero-order valence-electron chi connectivity index (χ0n) is 8.70. The van der Waals surface area contributed by atoms with Crippen LogP contribution in [0.5, 0.6) is 11.5 Å². The first kappa shape index (κ1) is 11.9.